The minimum atomic E-state index is -0.187. The monoisotopic (exact) mass is 296 g/mol. The van der Waals surface area contributed by atoms with E-state index in [0.717, 1.165) is 18.5 Å². The molecule has 1 unspecified atom stereocenters. The molecule has 1 aromatic carbocycles. The molecule has 2 aromatic rings. The van der Waals surface area contributed by atoms with Crippen LogP contribution < -0.4 is 16.6 Å². The van der Waals surface area contributed by atoms with Crippen LogP contribution in [0.15, 0.2) is 41.5 Å². The van der Waals surface area contributed by atoms with Crippen LogP contribution in [0.25, 0.3) is 0 Å². The second kappa shape index (κ2) is 5.67. The van der Waals surface area contributed by atoms with Crippen molar-refractivity contribution in [1.82, 2.24) is 4.57 Å². The van der Waals surface area contributed by atoms with Gasteiger partial charge in [0.1, 0.15) is 0 Å². The van der Waals surface area contributed by atoms with Gasteiger partial charge in [0.2, 0.25) is 0 Å². The number of rotatable bonds is 2. The molecular formula is C17H20N4O. The summed E-state index contributed by atoms with van der Waals surface area (Å²) in [6.45, 7) is 2.18. The predicted octanol–water partition coefficient (Wildman–Crippen LogP) is 2.10. The average Bonchev–Trinajstić information content (AvgIpc) is 2.90. The molecule has 0 aliphatic heterocycles. The minimum Gasteiger partial charge on any atom is -0.331 e. The fourth-order valence-electron chi connectivity index (χ4n) is 3.10. The van der Waals surface area contributed by atoms with Gasteiger partial charge in [0, 0.05) is 18.4 Å². The molecule has 114 valence electrons. The van der Waals surface area contributed by atoms with Crippen molar-refractivity contribution in [2.24, 2.45) is 18.0 Å². The van der Waals surface area contributed by atoms with Gasteiger partial charge >= 0.3 is 0 Å². The standard InChI is InChI=1S/C17H20N4O/c1-11-8-9-15-13(11)10-14(16(20-18)21(15)2)17(22)19-12-6-4-3-5-7-12/h3-7,10-11H,8-9,18H2,1-2H3,(H,19,22)/b20-16-. The topological polar surface area (TPSA) is 72.4 Å². The number of fused-ring (bicyclic) bond motifs is 1. The van der Waals surface area contributed by atoms with Crippen molar-refractivity contribution in [1.29, 1.82) is 0 Å². The number of carbonyl (C=O) groups excluding carboxylic acids is 1. The van der Waals surface area contributed by atoms with E-state index in [0.29, 0.717) is 17.0 Å². The zero-order valence-corrected chi connectivity index (χ0v) is 12.8. The molecule has 0 saturated heterocycles. The second-order valence-electron chi connectivity index (χ2n) is 5.73. The number of hydrogen-bond acceptors (Lipinski definition) is 3. The average molecular weight is 296 g/mol. The van der Waals surface area contributed by atoms with E-state index < -0.39 is 0 Å². The van der Waals surface area contributed by atoms with Crippen LogP contribution in [-0.4, -0.2) is 10.5 Å². The SMILES string of the molecule is CC1CCc2c1cc(C(=O)Nc1ccccc1)/c(=N/N)n2C. The van der Waals surface area contributed by atoms with Gasteiger partial charge in [0.05, 0.1) is 5.56 Å². The van der Waals surface area contributed by atoms with E-state index in [-0.39, 0.29) is 5.91 Å². The van der Waals surface area contributed by atoms with Crippen LogP contribution in [-0.2, 0) is 13.5 Å². The van der Waals surface area contributed by atoms with Crippen LogP contribution >= 0.6 is 0 Å². The summed E-state index contributed by atoms with van der Waals surface area (Å²) in [5, 5.41) is 6.74. The fourth-order valence-corrected chi connectivity index (χ4v) is 3.10. The summed E-state index contributed by atoms with van der Waals surface area (Å²) < 4.78 is 1.94. The summed E-state index contributed by atoms with van der Waals surface area (Å²) in [5.41, 5.74) is 4.22. The highest BCUT2D eigenvalue weighted by molar-refractivity contribution is 6.04. The van der Waals surface area contributed by atoms with Crippen molar-refractivity contribution < 1.29 is 4.79 Å². The summed E-state index contributed by atoms with van der Waals surface area (Å²) in [6.07, 6.45) is 2.09. The Morgan fingerprint density at radius 1 is 1.36 bits per heavy atom. The Balaban J connectivity index is 2.05. The number of nitrogens with two attached hydrogens (primary N) is 1. The lowest BCUT2D eigenvalue weighted by molar-refractivity contribution is 0.102. The van der Waals surface area contributed by atoms with E-state index in [2.05, 4.69) is 17.3 Å². The van der Waals surface area contributed by atoms with Gasteiger partial charge in [-0.3, -0.25) is 4.79 Å². The molecule has 1 atom stereocenters. The third-order valence-electron chi connectivity index (χ3n) is 4.34. The quantitative estimate of drug-likeness (QED) is 0.658. The van der Waals surface area contributed by atoms with Gasteiger partial charge in [-0.1, -0.05) is 25.1 Å². The summed E-state index contributed by atoms with van der Waals surface area (Å²) in [4.78, 5) is 12.6. The van der Waals surface area contributed by atoms with Gasteiger partial charge in [-0.2, -0.15) is 5.10 Å². The summed E-state index contributed by atoms with van der Waals surface area (Å²) >= 11 is 0. The third kappa shape index (κ3) is 2.39. The molecule has 5 nitrogen and oxygen atoms in total. The number of nitrogens with zero attached hydrogens (tertiary/aromatic N) is 2. The zero-order valence-electron chi connectivity index (χ0n) is 12.8. The minimum absolute atomic E-state index is 0.187. The van der Waals surface area contributed by atoms with Crippen LogP contribution in [0.4, 0.5) is 5.69 Å². The Hall–Kier alpha value is -2.56. The van der Waals surface area contributed by atoms with Crippen LogP contribution in [0.5, 0.6) is 0 Å². The zero-order chi connectivity index (χ0) is 15.7. The van der Waals surface area contributed by atoms with Gasteiger partial charge in [0.25, 0.3) is 5.91 Å². The molecule has 5 heteroatoms. The number of amides is 1. The molecule has 1 aliphatic rings. The smallest absolute Gasteiger partial charge is 0.259 e. The predicted molar refractivity (Wildman–Crippen MR) is 86.3 cm³/mol. The Morgan fingerprint density at radius 3 is 2.77 bits per heavy atom. The maximum absolute atomic E-state index is 12.6. The lowest BCUT2D eigenvalue weighted by Gasteiger charge is -2.14. The van der Waals surface area contributed by atoms with Crippen molar-refractivity contribution in [3.8, 4) is 0 Å². The Morgan fingerprint density at radius 2 is 2.09 bits per heavy atom. The highest BCUT2D eigenvalue weighted by atomic mass is 16.1. The van der Waals surface area contributed by atoms with Crippen LogP contribution in [0.2, 0.25) is 0 Å². The molecule has 0 bridgehead atoms. The second-order valence-corrected chi connectivity index (χ2v) is 5.73. The lowest BCUT2D eigenvalue weighted by Crippen LogP contribution is -2.32. The highest BCUT2D eigenvalue weighted by Gasteiger charge is 2.24. The van der Waals surface area contributed by atoms with E-state index in [4.69, 9.17) is 5.84 Å². The summed E-state index contributed by atoms with van der Waals surface area (Å²) in [7, 11) is 1.92. The van der Waals surface area contributed by atoms with Gasteiger partial charge in [0.15, 0.2) is 5.49 Å². The van der Waals surface area contributed by atoms with E-state index >= 15 is 0 Å². The normalized spacial score (nSPS) is 17.4. The molecule has 1 aromatic heterocycles. The maximum Gasteiger partial charge on any atom is 0.259 e. The number of hydrogen-bond donors (Lipinski definition) is 2. The molecule has 22 heavy (non-hydrogen) atoms. The van der Waals surface area contributed by atoms with Crippen LogP contribution in [0, 0.1) is 0 Å². The van der Waals surface area contributed by atoms with Gasteiger partial charge < -0.3 is 15.7 Å². The number of pyridine rings is 1. The first kappa shape index (κ1) is 14.4. The first-order valence-corrected chi connectivity index (χ1v) is 7.45. The Kier molecular flexibility index (Phi) is 3.71. The van der Waals surface area contributed by atoms with Crippen molar-refractivity contribution in [3.05, 3.63) is 58.7 Å². The molecule has 0 saturated carbocycles. The van der Waals surface area contributed by atoms with E-state index in [1.165, 1.54) is 11.3 Å². The van der Waals surface area contributed by atoms with Gasteiger partial charge in [-0.15, -0.1) is 0 Å². The maximum atomic E-state index is 12.6. The van der Waals surface area contributed by atoms with E-state index in [1.54, 1.807) is 0 Å². The molecular weight excluding hydrogens is 276 g/mol. The Bertz CT molecular complexity index is 777. The number of nitrogens with one attached hydrogen (secondary N) is 1. The van der Waals surface area contributed by atoms with E-state index in [1.807, 2.05) is 48.0 Å². The first-order valence-electron chi connectivity index (χ1n) is 7.45. The van der Waals surface area contributed by atoms with E-state index in [9.17, 15) is 4.79 Å². The van der Waals surface area contributed by atoms with Gasteiger partial charge in [-0.25, -0.2) is 0 Å². The van der Waals surface area contributed by atoms with Crippen molar-refractivity contribution >= 4 is 11.6 Å². The number of carbonyl (C=O) groups is 1. The molecule has 0 spiro atoms. The third-order valence-corrected chi connectivity index (χ3v) is 4.34. The Labute approximate surface area is 129 Å². The molecule has 3 N–H and O–H groups in total. The van der Waals surface area contributed by atoms with Crippen LogP contribution in [0.3, 0.4) is 0 Å². The molecule has 1 heterocycles. The molecule has 3 rings (SSSR count). The number of para-hydroxylation sites is 1. The summed E-state index contributed by atoms with van der Waals surface area (Å²) in [5.74, 6) is 5.80. The van der Waals surface area contributed by atoms with Gasteiger partial charge in [-0.05, 0) is 42.5 Å². The van der Waals surface area contributed by atoms with Crippen molar-refractivity contribution in [2.45, 2.75) is 25.7 Å². The largest absolute Gasteiger partial charge is 0.331 e. The number of aromatic nitrogens is 1. The van der Waals surface area contributed by atoms with Crippen LogP contribution in [0.1, 0.15) is 40.9 Å². The lowest BCUT2D eigenvalue weighted by atomic mass is 10.0. The molecule has 0 radical (unpaired) electrons. The highest BCUT2D eigenvalue weighted by Crippen LogP contribution is 2.31. The van der Waals surface area contributed by atoms with Crippen molar-refractivity contribution in [2.75, 3.05) is 5.32 Å². The molecule has 0 fully saturated rings. The summed E-state index contributed by atoms with van der Waals surface area (Å²) in [6, 6.07) is 11.3. The fraction of sp³-hybridized carbons (Fsp3) is 0.294. The first-order chi connectivity index (χ1) is 10.6. The molecule has 1 amide bonds. The number of benzene rings is 1. The number of anilines is 1. The van der Waals surface area contributed by atoms with Crippen molar-refractivity contribution in [3.63, 3.8) is 0 Å². The molecule has 1 aliphatic carbocycles.